The van der Waals surface area contributed by atoms with E-state index in [0.717, 1.165) is 37.7 Å². The van der Waals surface area contributed by atoms with Gasteiger partial charge in [-0.25, -0.2) is 0 Å². The highest BCUT2D eigenvalue weighted by atomic mass is 16.3. The number of amides is 1. The van der Waals surface area contributed by atoms with Crippen LogP contribution in [0.25, 0.3) is 0 Å². The van der Waals surface area contributed by atoms with Gasteiger partial charge in [-0.3, -0.25) is 9.69 Å². The second-order valence-electron chi connectivity index (χ2n) is 8.23. The van der Waals surface area contributed by atoms with Gasteiger partial charge in [0.25, 0.3) is 0 Å². The summed E-state index contributed by atoms with van der Waals surface area (Å²) in [5, 5.41) is 15.6. The Labute approximate surface area is 161 Å². The Hall–Kier alpha value is -1.63. The highest BCUT2D eigenvalue weighted by Crippen LogP contribution is 2.28. The van der Waals surface area contributed by atoms with Crippen molar-refractivity contribution in [2.24, 2.45) is 5.92 Å². The monoisotopic (exact) mass is 372 g/mol. The van der Waals surface area contributed by atoms with E-state index in [1.54, 1.807) is 0 Å². The van der Waals surface area contributed by atoms with E-state index in [2.05, 4.69) is 44.7 Å². The van der Waals surface area contributed by atoms with E-state index in [9.17, 15) is 9.90 Å². The Balaban J connectivity index is 1.29. The van der Waals surface area contributed by atoms with Crippen molar-refractivity contribution in [3.8, 4) is 0 Å². The van der Waals surface area contributed by atoms with Gasteiger partial charge in [0.05, 0.1) is 5.92 Å². The average Bonchev–Trinajstić information content (AvgIpc) is 2.70. The largest absolute Gasteiger partial charge is 0.374 e. The van der Waals surface area contributed by atoms with Crippen LogP contribution in [0, 0.1) is 5.92 Å². The summed E-state index contributed by atoms with van der Waals surface area (Å²) in [6.07, 6.45) is 3.27. The molecular formula is C21H32N4O2. The molecule has 3 fully saturated rings. The van der Waals surface area contributed by atoms with Crippen LogP contribution in [0.1, 0.15) is 37.2 Å². The number of benzene rings is 1. The van der Waals surface area contributed by atoms with Crippen LogP contribution in [0.2, 0.25) is 0 Å². The lowest BCUT2D eigenvalue weighted by Crippen LogP contribution is -2.48. The quantitative estimate of drug-likeness (QED) is 0.739. The first kappa shape index (κ1) is 18.7. The van der Waals surface area contributed by atoms with Crippen molar-refractivity contribution in [3.05, 3.63) is 29.8 Å². The number of hydrogen-bond donors (Lipinski definition) is 3. The molecule has 1 aromatic carbocycles. The molecule has 4 rings (SSSR count). The van der Waals surface area contributed by atoms with E-state index in [-0.39, 0.29) is 11.8 Å². The number of hydrogen-bond acceptors (Lipinski definition) is 5. The van der Waals surface area contributed by atoms with Crippen molar-refractivity contribution in [2.45, 2.75) is 37.8 Å². The number of piperidine rings is 2. The van der Waals surface area contributed by atoms with Crippen LogP contribution < -0.4 is 15.5 Å². The number of carbonyl (C=O) groups excluding carboxylic acids is 1. The van der Waals surface area contributed by atoms with Crippen LogP contribution in [0.4, 0.5) is 5.69 Å². The summed E-state index contributed by atoms with van der Waals surface area (Å²) < 4.78 is 0. The molecule has 6 heteroatoms. The molecule has 3 aliphatic heterocycles. The van der Waals surface area contributed by atoms with Crippen LogP contribution in [-0.2, 0) is 4.79 Å². The Kier molecular flexibility index (Phi) is 5.95. The van der Waals surface area contributed by atoms with Crippen molar-refractivity contribution in [2.75, 3.05) is 50.7 Å². The molecule has 2 unspecified atom stereocenters. The van der Waals surface area contributed by atoms with Crippen LogP contribution >= 0.6 is 0 Å². The molecule has 0 spiro atoms. The molecule has 2 atom stereocenters. The van der Waals surface area contributed by atoms with Crippen LogP contribution in [0.15, 0.2) is 24.3 Å². The molecule has 0 radical (unpaired) electrons. The summed E-state index contributed by atoms with van der Waals surface area (Å²) in [7, 11) is 0. The topological polar surface area (TPSA) is 67.8 Å². The zero-order valence-electron chi connectivity index (χ0n) is 16.1. The van der Waals surface area contributed by atoms with Crippen LogP contribution in [0.3, 0.4) is 0 Å². The van der Waals surface area contributed by atoms with E-state index < -0.39 is 6.23 Å². The molecule has 1 amide bonds. The number of carbonyl (C=O) groups is 1. The van der Waals surface area contributed by atoms with Gasteiger partial charge in [-0.1, -0.05) is 12.1 Å². The highest BCUT2D eigenvalue weighted by Gasteiger charge is 2.28. The third kappa shape index (κ3) is 4.62. The van der Waals surface area contributed by atoms with Crippen molar-refractivity contribution in [1.29, 1.82) is 0 Å². The summed E-state index contributed by atoms with van der Waals surface area (Å²) >= 11 is 0. The molecule has 3 N–H and O–H groups in total. The molecule has 3 aliphatic rings. The standard InChI is InChI=1S/C21H32N4O2/c26-20-6-5-19(21(27)23-20)17-1-3-18(4-2-17)25-13-11-24(12-14-25)15-16-7-9-22-10-8-16/h1-4,16,19-20,22,26H,5-15H2,(H,23,27). The van der Waals surface area contributed by atoms with Crippen molar-refractivity contribution in [1.82, 2.24) is 15.5 Å². The van der Waals surface area contributed by atoms with Gasteiger partial charge in [0.15, 0.2) is 0 Å². The fourth-order valence-corrected chi connectivity index (χ4v) is 4.65. The number of aliphatic hydroxyl groups excluding tert-OH is 1. The molecule has 148 valence electrons. The van der Waals surface area contributed by atoms with Gasteiger partial charge < -0.3 is 20.6 Å². The molecule has 27 heavy (non-hydrogen) atoms. The van der Waals surface area contributed by atoms with E-state index >= 15 is 0 Å². The third-order valence-electron chi connectivity index (χ3n) is 6.36. The fourth-order valence-electron chi connectivity index (χ4n) is 4.65. The Morgan fingerprint density at radius 2 is 1.67 bits per heavy atom. The summed E-state index contributed by atoms with van der Waals surface area (Å²) in [6, 6.07) is 8.46. The molecule has 0 aromatic heterocycles. The van der Waals surface area contributed by atoms with Gasteiger partial charge in [0, 0.05) is 38.4 Å². The van der Waals surface area contributed by atoms with Crippen molar-refractivity contribution in [3.63, 3.8) is 0 Å². The maximum Gasteiger partial charge on any atom is 0.229 e. The average molecular weight is 373 g/mol. The zero-order valence-corrected chi connectivity index (χ0v) is 16.1. The van der Waals surface area contributed by atoms with Gasteiger partial charge in [0.2, 0.25) is 5.91 Å². The third-order valence-corrected chi connectivity index (χ3v) is 6.36. The number of rotatable bonds is 4. The summed E-state index contributed by atoms with van der Waals surface area (Å²) in [4.78, 5) is 17.2. The van der Waals surface area contributed by atoms with Gasteiger partial charge in [0.1, 0.15) is 6.23 Å². The number of nitrogens with zero attached hydrogens (tertiary/aromatic N) is 2. The van der Waals surface area contributed by atoms with Crippen molar-refractivity contribution < 1.29 is 9.90 Å². The molecule has 3 saturated heterocycles. The highest BCUT2D eigenvalue weighted by molar-refractivity contribution is 5.84. The van der Waals surface area contributed by atoms with Crippen LogP contribution in [0.5, 0.6) is 0 Å². The SMILES string of the molecule is O=C1NC(O)CCC1c1ccc(N2CCN(CC3CCNCC3)CC2)cc1. The van der Waals surface area contributed by atoms with Gasteiger partial charge in [-0.05, 0) is 62.4 Å². The van der Waals surface area contributed by atoms with E-state index in [4.69, 9.17) is 0 Å². The first-order valence-electron chi connectivity index (χ1n) is 10.5. The second-order valence-corrected chi connectivity index (χ2v) is 8.23. The lowest BCUT2D eigenvalue weighted by atomic mass is 9.90. The van der Waals surface area contributed by atoms with Gasteiger partial charge in [-0.2, -0.15) is 0 Å². The number of aliphatic hydroxyl groups is 1. The van der Waals surface area contributed by atoms with Crippen molar-refractivity contribution >= 4 is 11.6 Å². The van der Waals surface area contributed by atoms with E-state index in [0.29, 0.717) is 12.8 Å². The number of nitrogens with one attached hydrogen (secondary N) is 2. The fraction of sp³-hybridized carbons (Fsp3) is 0.667. The Morgan fingerprint density at radius 3 is 2.33 bits per heavy atom. The first-order valence-corrected chi connectivity index (χ1v) is 10.5. The molecular weight excluding hydrogens is 340 g/mol. The molecule has 0 saturated carbocycles. The maximum absolute atomic E-state index is 12.1. The smallest absolute Gasteiger partial charge is 0.229 e. The zero-order chi connectivity index (χ0) is 18.6. The molecule has 3 heterocycles. The normalized spacial score (nSPS) is 28.2. The maximum atomic E-state index is 12.1. The van der Waals surface area contributed by atoms with Crippen LogP contribution in [-0.4, -0.2) is 68.0 Å². The predicted octanol–water partition coefficient (Wildman–Crippen LogP) is 1.12. The van der Waals surface area contributed by atoms with E-state index in [1.165, 1.54) is 38.2 Å². The first-order chi connectivity index (χ1) is 13.2. The molecule has 0 aliphatic carbocycles. The minimum atomic E-state index is -0.686. The number of anilines is 1. The molecule has 1 aromatic rings. The molecule has 6 nitrogen and oxygen atoms in total. The lowest BCUT2D eigenvalue weighted by molar-refractivity contribution is -0.128. The lowest BCUT2D eigenvalue weighted by Gasteiger charge is -2.38. The minimum Gasteiger partial charge on any atom is -0.374 e. The van der Waals surface area contributed by atoms with E-state index in [1.807, 2.05) is 0 Å². The van der Waals surface area contributed by atoms with Gasteiger partial charge >= 0.3 is 0 Å². The Morgan fingerprint density at radius 1 is 0.963 bits per heavy atom. The summed E-state index contributed by atoms with van der Waals surface area (Å²) in [6.45, 7) is 8.01. The van der Waals surface area contributed by atoms with Gasteiger partial charge in [-0.15, -0.1) is 0 Å². The summed E-state index contributed by atoms with van der Waals surface area (Å²) in [5.74, 6) is 0.662. The minimum absolute atomic E-state index is 0.0620. The Bertz CT molecular complexity index is 622. The second kappa shape index (κ2) is 8.59. The summed E-state index contributed by atoms with van der Waals surface area (Å²) in [5.41, 5.74) is 2.30. The predicted molar refractivity (Wildman–Crippen MR) is 107 cm³/mol. The molecule has 0 bridgehead atoms. The number of piperazine rings is 1.